The number of hydrogen-bond acceptors (Lipinski definition) is 2. The minimum atomic E-state index is -4.30. The van der Waals surface area contributed by atoms with Crippen LogP contribution in [0.2, 0.25) is 0 Å². The Bertz CT molecular complexity index is 382. The lowest BCUT2D eigenvalue weighted by molar-refractivity contribution is -0.127. The molecular weight excluding hydrogens is 257 g/mol. The van der Waals surface area contributed by atoms with E-state index in [4.69, 9.17) is 5.73 Å². The van der Waals surface area contributed by atoms with Gasteiger partial charge in [0, 0.05) is 5.69 Å². The standard InChI is InChI=1S/C10H11F3N2O.ClH/c11-10(12,13)5-7-3-1-2-4-8(7)15-9(16)6-14;/h1-4H,5-6,14H2,(H,15,16);1H. The molecule has 0 aromatic heterocycles. The molecule has 3 nitrogen and oxygen atoms in total. The molecule has 1 aromatic rings. The summed E-state index contributed by atoms with van der Waals surface area (Å²) in [5, 5.41) is 2.32. The van der Waals surface area contributed by atoms with Gasteiger partial charge in [0.1, 0.15) is 0 Å². The molecule has 0 atom stereocenters. The van der Waals surface area contributed by atoms with Crippen LogP contribution >= 0.6 is 12.4 Å². The number of carbonyl (C=O) groups excluding carboxylic acids is 1. The number of benzene rings is 1. The van der Waals surface area contributed by atoms with Gasteiger partial charge < -0.3 is 11.1 Å². The Morgan fingerprint density at radius 1 is 1.29 bits per heavy atom. The molecule has 0 radical (unpaired) electrons. The van der Waals surface area contributed by atoms with Crippen LogP contribution in [0, 0.1) is 0 Å². The molecule has 1 amide bonds. The molecule has 0 aliphatic heterocycles. The first-order valence-corrected chi connectivity index (χ1v) is 4.57. The maximum atomic E-state index is 12.2. The molecule has 0 heterocycles. The van der Waals surface area contributed by atoms with E-state index >= 15 is 0 Å². The zero-order valence-corrected chi connectivity index (χ0v) is 9.57. The summed E-state index contributed by atoms with van der Waals surface area (Å²) >= 11 is 0. The lowest BCUT2D eigenvalue weighted by Crippen LogP contribution is -2.23. The summed E-state index contributed by atoms with van der Waals surface area (Å²) in [4.78, 5) is 11.0. The highest BCUT2D eigenvalue weighted by atomic mass is 35.5. The maximum Gasteiger partial charge on any atom is 0.393 e. The smallest absolute Gasteiger partial charge is 0.325 e. The van der Waals surface area contributed by atoms with Crippen molar-refractivity contribution in [3.05, 3.63) is 29.8 Å². The molecule has 0 saturated heterocycles. The van der Waals surface area contributed by atoms with E-state index in [1.807, 2.05) is 0 Å². The van der Waals surface area contributed by atoms with Crippen molar-refractivity contribution in [2.75, 3.05) is 11.9 Å². The second-order valence-corrected chi connectivity index (χ2v) is 3.20. The van der Waals surface area contributed by atoms with Gasteiger partial charge in [0.15, 0.2) is 0 Å². The third kappa shape index (κ3) is 5.55. The van der Waals surface area contributed by atoms with Crippen LogP contribution in [0.4, 0.5) is 18.9 Å². The number of carbonyl (C=O) groups is 1. The molecular formula is C10H12ClF3N2O. The summed E-state index contributed by atoms with van der Waals surface area (Å²) in [6.07, 6.45) is -5.38. The number of anilines is 1. The molecule has 17 heavy (non-hydrogen) atoms. The summed E-state index contributed by atoms with van der Waals surface area (Å²) in [6, 6.07) is 5.76. The Kier molecular flexibility index (Phi) is 5.98. The maximum absolute atomic E-state index is 12.2. The van der Waals surface area contributed by atoms with E-state index in [0.717, 1.165) is 0 Å². The van der Waals surface area contributed by atoms with Crippen LogP contribution in [0.15, 0.2) is 24.3 Å². The fraction of sp³-hybridized carbons (Fsp3) is 0.300. The van der Waals surface area contributed by atoms with Crippen molar-refractivity contribution in [3.63, 3.8) is 0 Å². The van der Waals surface area contributed by atoms with Crippen molar-refractivity contribution in [1.29, 1.82) is 0 Å². The van der Waals surface area contributed by atoms with Gasteiger partial charge in [0.2, 0.25) is 5.91 Å². The molecule has 7 heteroatoms. The van der Waals surface area contributed by atoms with Crippen LogP contribution in [-0.4, -0.2) is 18.6 Å². The van der Waals surface area contributed by atoms with Crippen LogP contribution in [0.5, 0.6) is 0 Å². The first kappa shape index (κ1) is 15.7. The van der Waals surface area contributed by atoms with Gasteiger partial charge in [-0.2, -0.15) is 13.2 Å². The summed E-state index contributed by atoms with van der Waals surface area (Å²) in [6.45, 7) is -0.264. The molecule has 3 N–H and O–H groups in total. The van der Waals surface area contributed by atoms with E-state index in [9.17, 15) is 18.0 Å². The SMILES string of the molecule is Cl.NCC(=O)Nc1ccccc1CC(F)(F)F. The van der Waals surface area contributed by atoms with Gasteiger partial charge in [-0.1, -0.05) is 18.2 Å². The van der Waals surface area contributed by atoms with E-state index in [0.29, 0.717) is 0 Å². The number of halogens is 4. The van der Waals surface area contributed by atoms with E-state index in [1.165, 1.54) is 18.2 Å². The topological polar surface area (TPSA) is 55.1 Å². The van der Waals surface area contributed by atoms with Crippen molar-refractivity contribution in [1.82, 2.24) is 0 Å². The van der Waals surface area contributed by atoms with Crippen LogP contribution in [0.25, 0.3) is 0 Å². The Balaban J connectivity index is 0.00000256. The summed E-state index contributed by atoms with van der Waals surface area (Å²) in [5.41, 5.74) is 5.24. The zero-order valence-electron chi connectivity index (χ0n) is 8.75. The van der Waals surface area contributed by atoms with Crippen molar-refractivity contribution in [2.45, 2.75) is 12.6 Å². The van der Waals surface area contributed by atoms with Gasteiger partial charge in [-0.3, -0.25) is 4.79 Å². The Labute approximate surface area is 103 Å². The highest BCUT2D eigenvalue weighted by molar-refractivity contribution is 5.92. The van der Waals surface area contributed by atoms with E-state index < -0.39 is 18.5 Å². The molecule has 96 valence electrons. The fourth-order valence-electron chi connectivity index (χ4n) is 1.21. The number of amides is 1. The van der Waals surface area contributed by atoms with Crippen molar-refractivity contribution in [3.8, 4) is 0 Å². The Hall–Kier alpha value is -1.27. The van der Waals surface area contributed by atoms with E-state index in [1.54, 1.807) is 6.07 Å². The second-order valence-electron chi connectivity index (χ2n) is 3.20. The van der Waals surface area contributed by atoms with Gasteiger partial charge in [-0.05, 0) is 11.6 Å². The molecule has 0 saturated carbocycles. The third-order valence-electron chi connectivity index (χ3n) is 1.87. The van der Waals surface area contributed by atoms with E-state index in [-0.39, 0.29) is 30.2 Å². The summed E-state index contributed by atoms with van der Waals surface area (Å²) < 4.78 is 36.6. The first-order valence-electron chi connectivity index (χ1n) is 4.57. The molecule has 1 aromatic carbocycles. The average molecular weight is 269 g/mol. The molecule has 1 rings (SSSR count). The van der Waals surface area contributed by atoms with Gasteiger partial charge in [0.05, 0.1) is 13.0 Å². The molecule has 0 bridgehead atoms. The summed E-state index contributed by atoms with van der Waals surface area (Å²) in [5.74, 6) is -0.519. The van der Waals surface area contributed by atoms with Gasteiger partial charge in [-0.15, -0.1) is 12.4 Å². The predicted octanol–water partition coefficient (Wildman–Crippen LogP) is 2.11. The Morgan fingerprint density at radius 2 is 1.88 bits per heavy atom. The lowest BCUT2D eigenvalue weighted by Gasteiger charge is -2.12. The number of nitrogens with one attached hydrogen (secondary N) is 1. The average Bonchev–Trinajstić information content (AvgIpc) is 2.18. The van der Waals surface area contributed by atoms with Crippen LogP contribution in [0.3, 0.4) is 0 Å². The number of alkyl halides is 3. The normalized spacial score (nSPS) is 10.6. The highest BCUT2D eigenvalue weighted by Gasteiger charge is 2.28. The van der Waals surface area contributed by atoms with E-state index in [2.05, 4.69) is 5.32 Å². The fourth-order valence-corrected chi connectivity index (χ4v) is 1.21. The number of hydrogen-bond donors (Lipinski definition) is 2. The van der Waals surface area contributed by atoms with Crippen molar-refractivity contribution < 1.29 is 18.0 Å². The monoisotopic (exact) mass is 268 g/mol. The number of nitrogens with two attached hydrogens (primary N) is 1. The first-order chi connectivity index (χ1) is 7.42. The quantitative estimate of drug-likeness (QED) is 0.882. The van der Waals surface area contributed by atoms with Crippen LogP contribution in [-0.2, 0) is 11.2 Å². The highest BCUT2D eigenvalue weighted by Crippen LogP contribution is 2.25. The molecule has 0 aliphatic carbocycles. The van der Waals surface area contributed by atoms with Crippen LogP contribution < -0.4 is 11.1 Å². The van der Waals surface area contributed by atoms with Crippen molar-refractivity contribution in [2.24, 2.45) is 5.73 Å². The predicted molar refractivity (Wildman–Crippen MR) is 61.1 cm³/mol. The lowest BCUT2D eigenvalue weighted by atomic mass is 10.1. The number of para-hydroxylation sites is 1. The molecule has 0 aliphatic rings. The van der Waals surface area contributed by atoms with Crippen LogP contribution in [0.1, 0.15) is 5.56 Å². The van der Waals surface area contributed by atoms with Crippen molar-refractivity contribution >= 4 is 24.0 Å². The largest absolute Gasteiger partial charge is 0.393 e. The minimum absolute atomic E-state index is 0. The third-order valence-corrected chi connectivity index (χ3v) is 1.87. The van der Waals surface area contributed by atoms with Gasteiger partial charge in [0.25, 0.3) is 0 Å². The minimum Gasteiger partial charge on any atom is -0.325 e. The zero-order chi connectivity index (χ0) is 12.2. The Morgan fingerprint density at radius 3 is 2.41 bits per heavy atom. The molecule has 0 spiro atoms. The summed E-state index contributed by atoms with van der Waals surface area (Å²) in [7, 11) is 0. The molecule has 0 unspecified atom stereocenters. The second kappa shape index (κ2) is 6.46. The van der Waals surface area contributed by atoms with Gasteiger partial charge in [-0.25, -0.2) is 0 Å². The number of rotatable bonds is 3. The van der Waals surface area contributed by atoms with Gasteiger partial charge >= 0.3 is 6.18 Å². The molecule has 0 fully saturated rings.